The van der Waals surface area contributed by atoms with E-state index in [0.29, 0.717) is 0 Å². The fourth-order valence-electron chi connectivity index (χ4n) is 1.46. The molecule has 1 aliphatic rings. The average Bonchev–Trinajstić information content (AvgIpc) is 2.32. The van der Waals surface area contributed by atoms with Gasteiger partial charge in [-0.2, -0.15) is 0 Å². The van der Waals surface area contributed by atoms with Crippen LogP contribution in [0.2, 0.25) is 10.0 Å². The second kappa shape index (κ2) is 4.99. The first-order valence-corrected chi connectivity index (χ1v) is 5.76. The molecule has 1 aliphatic heterocycles. The van der Waals surface area contributed by atoms with Crippen LogP contribution in [-0.2, 0) is 19.2 Å². The zero-order valence-electron chi connectivity index (χ0n) is 9.49. The molecule has 1 aromatic carbocycles. The van der Waals surface area contributed by atoms with Gasteiger partial charge in [0.1, 0.15) is 0 Å². The second-order valence-electron chi connectivity index (χ2n) is 3.62. The summed E-state index contributed by atoms with van der Waals surface area (Å²) < 4.78 is 0. The standard InChI is InChI=1S/C11H6Cl2N2O4/c1-4(16)19-15-9-5-2-6(12)7(13)3-8(5)14-11(18)10(9)17/h2-3H,1H3,(H,14,18). The molecular weight excluding hydrogens is 295 g/mol. The molecule has 1 aromatic rings. The van der Waals surface area contributed by atoms with Crippen molar-refractivity contribution in [1.29, 1.82) is 0 Å². The number of fused-ring (bicyclic) bond motifs is 1. The summed E-state index contributed by atoms with van der Waals surface area (Å²) in [5.74, 6) is -2.53. The number of ketones is 1. The topological polar surface area (TPSA) is 84.8 Å². The van der Waals surface area contributed by atoms with E-state index in [4.69, 9.17) is 23.2 Å². The van der Waals surface area contributed by atoms with Gasteiger partial charge in [-0.1, -0.05) is 28.4 Å². The van der Waals surface area contributed by atoms with Crippen LogP contribution in [0.4, 0.5) is 5.69 Å². The van der Waals surface area contributed by atoms with Gasteiger partial charge in [0, 0.05) is 12.5 Å². The number of oxime groups is 1. The van der Waals surface area contributed by atoms with Gasteiger partial charge < -0.3 is 10.2 Å². The molecule has 0 radical (unpaired) electrons. The molecule has 0 saturated heterocycles. The van der Waals surface area contributed by atoms with Crippen molar-refractivity contribution in [2.75, 3.05) is 5.32 Å². The lowest BCUT2D eigenvalue weighted by Crippen LogP contribution is -2.36. The monoisotopic (exact) mass is 300 g/mol. The third-order valence-electron chi connectivity index (χ3n) is 2.25. The van der Waals surface area contributed by atoms with Gasteiger partial charge in [0.25, 0.3) is 11.7 Å². The first kappa shape index (κ1) is 13.5. The molecular formula is C11H6Cl2N2O4. The number of amides is 1. The van der Waals surface area contributed by atoms with Crippen molar-refractivity contribution in [3.05, 3.63) is 27.7 Å². The maximum absolute atomic E-state index is 11.7. The van der Waals surface area contributed by atoms with E-state index < -0.39 is 17.7 Å². The lowest BCUT2D eigenvalue weighted by Gasteiger charge is -2.17. The van der Waals surface area contributed by atoms with Crippen molar-refractivity contribution < 1.29 is 19.2 Å². The molecule has 0 unspecified atom stereocenters. The van der Waals surface area contributed by atoms with Crippen molar-refractivity contribution in [2.45, 2.75) is 6.92 Å². The fourth-order valence-corrected chi connectivity index (χ4v) is 1.78. The Morgan fingerprint density at radius 1 is 1.26 bits per heavy atom. The summed E-state index contributed by atoms with van der Waals surface area (Å²) in [7, 11) is 0. The maximum atomic E-state index is 11.7. The second-order valence-corrected chi connectivity index (χ2v) is 4.43. The number of carbonyl (C=O) groups excluding carboxylic acids is 3. The summed E-state index contributed by atoms with van der Waals surface area (Å²) in [5, 5.41) is 6.11. The molecule has 0 aliphatic carbocycles. The Morgan fingerprint density at radius 3 is 2.53 bits per heavy atom. The number of Topliss-reactive ketones (excluding diaryl/α,β-unsaturated/α-hetero) is 1. The smallest absolute Gasteiger partial charge is 0.318 e. The van der Waals surface area contributed by atoms with Crippen LogP contribution in [0.5, 0.6) is 0 Å². The highest BCUT2D eigenvalue weighted by molar-refractivity contribution is 6.72. The Hall–Kier alpha value is -1.92. The third-order valence-corrected chi connectivity index (χ3v) is 2.97. The van der Waals surface area contributed by atoms with Crippen LogP contribution >= 0.6 is 23.2 Å². The summed E-state index contributed by atoms with van der Waals surface area (Å²) in [5.41, 5.74) is 0.206. The highest BCUT2D eigenvalue weighted by Crippen LogP contribution is 2.31. The van der Waals surface area contributed by atoms with Crippen LogP contribution in [0.3, 0.4) is 0 Å². The van der Waals surface area contributed by atoms with Gasteiger partial charge in [0.05, 0.1) is 15.7 Å². The minimum Gasteiger partial charge on any atom is -0.318 e. The number of halogens is 2. The first-order valence-electron chi connectivity index (χ1n) is 5.01. The largest absolute Gasteiger partial charge is 0.332 e. The van der Waals surface area contributed by atoms with E-state index in [1.807, 2.05) is 0 Å². The summed E-state index contributed by atoms with van der Waals surface area (Å²) in [4.78, 5) is 38.3. The van der Waals surface area contributed by atoms with Crippen molar-refractivity contribution in [2.24, 2.45) is 5.16 Å². The molecule has 1 N–H and O–H groups in total. The predicted octanol–water partition coefficient (Wildman–Crippen LogP) is 1.78. The van der Waals surface area contributed by atoms with Crippen LogP contribution in [0.15, 0.2) is 17.3 Å². The minimum atomic E-state index is -0.924. The van der Waals surface area contributed by atoms with Crippen molar-refractivity contribution >= 4 is 52.3 Å². The van der Waals surface area contributed by atoms with E-state index in [2.05, 4.69) is 15.3 Å². The Bertz CT molecular complexity index is 640. The molecule has 0 fully saturated rings. The van der Waals surface area contributed by atoms with E-state index in [0.717, 1.165) is 6.92 Å². The number of rotatable bonds is 1. The van der Waals surface area contributed by atoms with Gasteiger partial charge in [-0.3, -0.25) is 9.59 Å². The van der Waals surface area contributed by atoms with Crippen LogP contribution in [0.1, 0.15) is 12.5 Å². The first-order chi connectivity index (χ1) is 8.90. The van der Waals surface area contributed by atoms with Gasteiger partial charge >= 0.3 is 5.97 Å². The molecule has 1 heterocycles. The van der Waals surface area contributed by atoms with E-state index in [-0.39, 0.29) is 27.0 Å². The Labute approximate surface area is 117 Å². The highest BCUT2D eigenvalue weighted by atomic mass is 35.5. The normalized spacial score (nSPS) is 16.1. The van der Waals surface area contributed by atoms with Crippen molar-refractivity contribution in [3.63, 3.8) is 0 Å². The van der Waals surface area contributed by atoms with Crippen molar-refractivity contribution in [3.8, 4) is 0 Å². The predicted molar refractivity (Wildman–Crippen MR) is 68.4 cm³/mol. The molecule has 6 nitrogen and oxygen atoms in total. The molecule has 0 spiro atoms. The molecule has 2 rings (SSSR count). The molecule has 19 heavy (non-hydrogen) atoms. The molecule has 0 atom stereocenters. The lowest BCUT2D eigenvalue weighted by atomic mass is 10.00. The van der Waals surface area contributed by atoms with E-state index in [1.54, 1.807) is 0 Å². The number of nitrogens with zero attached hydrogens (tertiary/aromatic N) is 1. The Balaban J connectivity index is 2.58. The van der Waals surface area contributed by atoms with Gasteiger partial charge in [-0.05, 0) is 12.1 Å². The Morgan fingerprint density at radius 2 is 1.89 bits per heavy atom. The van der Waals surface area contributed by atoms with E-state index >= 15 is 0 Å². The third kappa shape index (κ3) is 2.59. The number of anilines is 1. The molecule has 8 heteroatoms. The van der Waals surface area contributed by atoms with Gasteiger partial charge in [0.15, 0.2) is 5.71 Å². The molecule has 0 aromatic heterocycles. The summed E-state index contributed by atoms with van der Waals surface area (Å²) in [6.45, 7) is 1.12. The SMILES string of the molecule is CC(=O)ON=C1C(=O)C(=O)Nc2cc(Cl)c(Cl)cc21. The number of nitrogens with one attached hydrogen (secondary N) is 1. The maximum Gasteiger partial charge on any atom is 0.332 e. The number of hydrogen-bond donors (Lipinski definition) is 1. The zero-order valence-corrected chi connectivity index (χ0v) is 11.0. The minimum absolute atomic E-state index is 0.180. The van der Waals surface area contributed by atoms with Gasteiger partial charge in [-0.25, -0.2) is 4.79 Å². The summed E-state index contributed by atoms with van der Waals surface area (Å²) >= 11 is 11.7. The molecule has 1 amide bonds. The van der Waals surface area contributed by atoms with Crippen LogP contribution in [0, 0.1) is 0 Å². The molecule has 98 valence electrons. The molecule has 0 bridgehead atoms. The number of hydrogen-bond acceptors (Lipinski definition) is 5. The van der Waals surface area contributed by atoms with Gasteiger partial charge in [0.2, 0.25) is 0 Å². The molecule has 0 saturated carbocycles. The number of benzene rings is 1. The zero-order chi connectivity index (χ0) is 14.2. The summed E-state index contributed by atoms with van der Waals surface area (Å²) in [6.07, 6.45) is 0. The Kier molecular flexibility index (Phi) is 3.55. The van der Waals surface area contributed by atoms with Crippen LogP contribution < -0.4 is 5.32 Å². The lowest BCUT2D eigenvalue weighted by molar-refractivity contribution is -0.141. The highest BCUT2D eigenvalue weighted by Gasteiger charge is 2.32. The van der Waals surface area contributed by atoms with Crippen molar-refractivity contribution in [1.82, 2.24) is 0 Å². The van der Waals surface area contributed by atoms with Crippen LogP contribution in [-0.4, -0.2) is 23.4 Å². The average molecular weight is 301 g/mol. The quantitative estimate of drug-likeness (QED) is 0.487. The van der Waals surface area contributed by atoms with E-state index in [9.17, 15) is 14.4 Å². The number of carbonyl (C=O) groups is 3. The van der Waals surface area contributed by atoms with E-state index in [1.165, 1.54) is 12.1 Å². The summed E-state index contributed by atoms with van der Waals surface area (Å²) in [6, 6.07) is 2.74. The fraction of sp³-hybridized carbons (Fsp3) is 0.0909. The van der Waals surface area contributed by atoms with Gasteiger partial charge in [-0.15, -0.1) is 0 Å². The van der Waals surface area contributed by atoms with Crippen LogP contribution in [0.25, 0.3) is 0 Å².